The van der Waals surface area contributed by atoms with E-state index in [0.717, 1.165) is 5.92 Å². The van der Waals surface area contributed by atoms with Gasteiger partial charge in [0.2, 0.25) is 0 Å². The van der Waals surface area contributed by atoms with Crippen molar-refractivity contribution in [2.45, 2.75) is 44.9 Å². The summed E-state index contributed by atoms with van der Waals surface area (Å²) in [4.78, 5) is 0.540. The van der Waals surface area contributed by atoms with Gasteiger partial charge in [-0.15, -0.1) is 0 Å². The zero-order valence-electron chi connectivity index (χ0n) is 10.5. The molecule has 1 aliphatic carbocycles. The molecule has 1 aromatic carbocycles. The number of aryl methyl sites for hydroxylation is 1. The molecule has 0 nitrogen and oxygen atoms in total. The van der Waals surface area contributed by atoms with Crippen LogP contribution in [0.2, 0.25) is 0 Å². The number of benzene rings is 1. The van der Waals surface area contributed by atoms with E-state index in [2.05, 4.69) is 61.0 Å². The first-order chi connectivity index (χ1) is 7.54. The minimum Gasteiger partial charge on any atom is -0.0836 e. The van der Waals surface area contributed by atoms with Gasteiger partial charge in [-0.25, -0.2) is 0 Å². The van der Waals surface area contributed by atoms with Gasteiger partial charge in [-0.3, -0.25) is 0 Å². The van der Waals surface area contributed by atoms with Crippen LogP contribution in [0.25, 0.3) is 0 Å². The standard InChI is InChI=1S/C15H21Br/c1-4-5-11-6-8-12(9-7-11)14(16)13-10-15(13,2)3/h6-9,13-14H,4-5,10H2,1-3H3. The predicted octanol–water partition coefficient (Wildman–Crippen LogP) is 5.12. The molecule has 2 unspecified atom stereocenters. The monoisotopic (exact) mass is 280 g/mol. The molecule has 16 heavy (non-hydrogen) atoms. The highest BCUT2D eigenvalue weighted by Gasteiger charge is 2.49. The summed E-state index contributed by atoms with van der Waals surface area (Å²) in [5.41, 5.74) is 3.44. The van der Waals surface area contributed by atoms with Crippen LogP contribution in [0.15, 0.2) is 24.3 Å². The second-order valence-electron chi connectivity index (χ2n) is 5.69. The van der Waals surface area contributed by atoms with Crippen molar-refractivity contribution in [2.75, 3.05) is 0 Å². The van der Waals surface area contributed by atoms with Gasteiger partial charge in [0, 0.05) is 4.83 Å². The van der Waals surface area contributed by atoms with Gasteiger partial charge in [-0.2, -0.15) is 0 Å². The van der Waals surface area contributed by atoms with Crippen molar-refractivity contribution < 1.29 is 0 Å². The van der Waals surface area contributed by atoms with Crippen LogP contribution in [0.4, 0.5) is 0 Å². The minimum atomic E-state index is 0.538. The Morgan fingerprint density at radius 1 is 1.31 bits per heavy atom. The van der Waals surface area contributed by atoms with Crippen LogP contribution in [0, 0.1) is 11.3 Å². The van der Waals surface area contributed by atoms with Crippen molar-refractivity contribution in [3.63, 3.8) is 0 Å². The third kappa shape index (κ3) is 2.51. The largest absolute Gasteiger partial charge is 0.0836 e. The Morgan fingerprint density at radius 2 is 1.88 bits per heavy atom. The first kappa shape index (κ1) is 12.2. The van der Waals surface area contributed by atoms with Gasteiger partial charge in [0.05, 0.1) is 0 Å². The second kappa shape index (κ2) is 4.52. The van der Waals surface area contributed by atoms with Crippen LogP contribution in [0.3, 0.4) is 0 Å². The summed E-state index contributed by atoms with van der Waals surface area (Å²) in [7, 11) is 0. The molecule has 0 aliphatic heterocycles. The summed E-state index contributed by atoms with van der Waals surface area (Å²) < 4.78 is 0. The fourth-order valence-corrected chi connectivity index (χ4v) is 3.60. The van der Waals surface area contributed by atoms with Crippen LogP contribution < -0.4 is 0 Å². The number of rotatable bonds is 4. The van der Waals surface area contributed by atoms with Gasteiger partial charge in [0.25, 0.3) is 0 Å². The molecule has 2 rings (SSSR count). The Balaban J connectivity index is 2.04. The van der Waals surface area contributed by atoms with Crippen LogP contribution >= 0.6 is 15.9 Å². The molecule has 1 heteroatoms. The van der Waals surface area contributed by atoms with Crippen molar-refractivity contribution in [2.24, 2.45) is 11.3 Å². The Labute approximate surface area is 108 Å². The Hall–Kier alpha value is -0.300. The van der Waals surface area contributed by atoms with Gasteiger partial charge in [-0.1, -0.05) is 67.4 Å². The highest BCUT2D eigenvalue weighted by molar-refractivity contribution is 9.09. The average molecular weight is 281 g/mol. The molecule has 1 aromatic rings. The molecule has 0 saturated heterocycles. The maximum atomic E-state index is 3.85. The molecule has 0 amide bonds. The summed E-state index contributed by atoms with van der Waals surface area (Å²) in [5, 5.41) is 0. The summed E-state index contributed by atoms with van der Waals surface area (Å²) in [6.07, 6.45) is 3.77. The minimum absolute atomic E-state index is 0.538. The van der Waals surface area contributed by atoms with Crippen LogP contribution in [-0.4, -0.2) is 0 Å². The van der Waals surface area contributed by atoms with E-state index in [1.165, 1.54) is 30.4 Å². The smallest absolute Gasteiger partial charge is 0.0428 e. The first-order valence-corrected chi connectivity index (χ1v) is 7.19. The molecule has 0 bridgehead atoms. The van der Waals surface area contributed by atoms with Crippen LogP contribution in [0.1, 0.15) is 49.6 Å². The molecule has 0 N–H and O–H groups in total. The van der Waals surface area contributed by atoms with E-state index >= 15 is 0 Å². The van der Waals surface area contributed by atoms with Crippen molar-refractivity contribution in [3.05, 3.63) is 35.4 Å². The highest BCUT2D eigenvalue weighted by Crippen LogP contribution is 2.60. The molecule has 0 spiro atoms. The molecule has 2 atom stereocenters. The number of halogens is 1. The quantitative estimate of drug-likeness (QED) is 0.672. The Kier molecular flexibility index (Phi) is 3.44. The summed E-state index contributed by atoms with van der Waals surface area (Å²) in [5.74, 6) is 0.810. The van der Waals surface area contributed by atoms with E-state index in [-0.39, 0.29) is 0 Å². The van der Waals surface area contributed by atoms with Crippen molar-refractivity contribution in [1.82, 2.24) is 0 Å². The zero-order valence-corrected chi connectivity index (χ0v) is 12.0. The molecular formula is C15H21Br. The summed E-state index contributed by atoms with van der Waals surface area (Å²) in [6.45, 7) is 6.95. The maximum Gasteiger partial charge on any atom is 0.0428 e. The molecular weight excluding hydrogens is 260 g/mol. The van der Waals surface area contributed by atoms with E-state index in [0.29, 0.717) is 10.2 Å². The van der Waals surface area contributed by atoms with E-state index in [4.69, 9.17) is 0 Å². The van der Waals surface area contributed by atoms with Crippen LogP contribution in [0.5, 0.6) is 0 Å². The molecule has 0 heterocycles. The lowest BCUT2D eigenvalue weighted by Crippen LogP contribution is -1.99. The fourth-order valence-electron chi connectivity index (χ4n) is 2.40. The number of hydrogen-bond acceptors (Lipinski definition) is 0. The third-order valence-corrected chi connectivity index (χ3v) is 4.95. The molecule has 0 aromatic heterocycles. The van der Waals surface area contributed by atoms with E-state index < -0.39 is 0 Å². The molecule has 88 valence electrons. The lowest BCUT2D eigenvalue weighted by Gasteiger charge is -2.12. The summed E-state index contributed by atoms with van der Waals surface area (Å²) >= 11 is 3.85. The SMILES string of the molecule is CCCc1ccc(C(Br)C2CC2(C)C)cc1. The average Bonchev–Trinajstić information content (AvgIpc) is 2.88. The Morgan fingerprint density at radius 3 is 2.31 bits per heavy atom. The van der Waals surface area contributed by atoms with Crippen molar-refractivity contribution >= 4 is 15.9 Å². The Bertz CT molecular complexity index is 350. The molecule has 1 fully saturated rings. The van der Waals surface area contributed by atoms with E-state index in [1.807, 2.05) is 0 Å². The van der Waals surface area contributed by atoms with Crippen LogP contribution in [-0.2, 0) is 6.42 Å². The van der Waals surface area contributed by atoms with Crippen molar-refractivity contribution in [1.29, 1.82) is 0 Å². The maximum absolute atomic E-state index is 3.85. The van der Waals surface area contributed by atoms with Gasteiger partial charge < -0.3 is 0 Å². The second-order valence-corrected chi connectivity index (χ2v) is 6.68. The molecule has 0 radical (unpaired) electrons. The molecule has 1 aliphatic rings. The first-order valence-electron chi connectivity index (χ1n) is 6.27. The van der Waals surface area contributed by atoms with E-state index in [9.17, 15) is 0 Å². The topological polar surface area (TPSA) is 0 Å². The number of hydrogen-bond donors (Lipinski definition) is 0. The van der Waals surface area contributed by atoms with E-state index in [1.54, 1.807) is 0 Å². The highest BCUT2D eigenvalue weighted by atomic mass is 79.9. The van der Waals surface area contributed by atoms with Gasteiger partial charge in [0.1, 0.15) is 0 Å². The lowest BCUT2D eigenvalue weighted by molar-refractivity contribution is 0.555. The van der Waals surface area contributed by atoms with Gasteiger partial charge in [-0.05, 0) is 35.3 Å². The predicted molar refractivity (Wildman–Crippen MR) is 74.0 cm³/mol. The zero-order chi connectivity index (χ0) is 11.8. The fraction of sp³-hybridized carbons (Fsp3) is 0.600. The number of alkyl halides is 1. The van der Waals surface area contributed by atoms with Gasteiger partial charge in [0.15, 0.2) is 0 Å². The molecule has 1 saturated carbocycles. The van der Waals surface area contributed by atoms with Crippen molar-refractivity contribution in [3.8, 4) is 0 Å². The third-order valence-electron chi connectivity index (χ3n) is 3.78. The lowest BCUT2D eigenvalue weighted by atomic mass is 10.0. The summed E-state index contributed by atoms with van der Waals surface area (Å²) in [6, 6.07) is 9.14. The van der Waals surface area contributed by atoms with Gasteiger partial charge >= 0.3 is 0 Å². The normalized spacial score (nSPS) is 24.1.